The van der Waals surface area contributed by atoms with E-state index >= 15 is 0 Å². The molecule has 2 N–H and O–H groups in total. The molecule has 1 heterocycles. The zero-order valence-electron chi connectivity index (χ0n) is 11.6. The first-order valence-electron chi connectivity index (χ1n) is 7.09. The van der Waals surface area contributed by atoms with Crippen molar-refractivity contribution in [3.8, 4) is 0 Å². The molecule has 96 valence electrons. The molecule has 4 unspecified atom stereocenters. The zero-order valence-corrected chi connectivity index (χ0v) is 11.6. The fourth-order valence-corrected chi connectivity index (χ4v) is 2.94. The van der Waals surface area contributed by atoms with Gasteiger partial charge in [0, 0.05) is 24.7 Å². The highest BCUT2D eigenvalue weighted by atomic mass is 15.2. The monoisotopic (exact) mass is 226 g/mol. The molecule has 0 aromatic heterocycles. The zero-order chi connectivity index (χ0) is 12.1. The highest BCUT2D eigenvalue weighted by molar-refractivity contribution is 4.85. The van der Waals surface area contributed by atoms with Crippen molar-refractivity contribution >= 4 is 0 Å². The van der Waals surface area contributed by atoms with Crippen LogP contribution >= 0.6 is 0 Å². The van der Waals surface area contributed by atoms with E-state index < -0.39 is 0 Å². The maximum atomic E-state index is 6.03. The lowest BCUT2D eigenvalue weighted by Gasteiger charge is -2.42. The van der Waals surface area contributed by atoms with Gasteiger partial charge in [-0.1, -0.05) is 27.2 Å². The molecule has 2 nitrogen and oxygen atoms in total. The standard InChI is InChI=1S/C14H30N2/c1-5-11(3)9-14(6-2)16-8-7-13(15)10-12(16)4/h11-14H,5-10,15H2,1-4H3. The van der Waals surface area contributed by atoms with E-state index in [-0.39, 0.29) is 0 Å². The molecular formula is C14H30N2. The van der Waals surface area contributed by atoms with Crippen molar-refractivity contribution in [1.29, 1.82) is 0 Å². The summed E-state index contributed by atoms with van der Waals surface area (Å²) in [6.07, 6.45) is 6.30. The molecule has 1 aliphatic rings. The minimum Gasteiger partial charge on any atom is -0.328 e. The molecule has 1 aliphatic heterocycles. The molecule has 0 bridgehead atoms. The Morgan fingerprint density at radius 2 is 2.00 bits per heavy atom. The normalized spacial score (nSPS) is 31.3. The van der Waals surface area contributed by atoms with E-state index in [9.17, 15) is 0 Å². The number of likely N-dealkylation sites (tertiary alicyclic amines) is 1. The second-order valence-corrected chi connectivity index (χ2v) is 5.68. The highest BCUT2D eigenvalue weighted by Gasteiger charge is 2.28. The Kier molecular flexibility index (Phi) is 5.77. The van der Waals surface area contributed by atoms with Crippen molar-refractivity contribution in [1.82, 2.24) is 4.90 Å². The van der Waals surface area contributed by atoms with Gasteiger partial charge in [0.15, 0.2) is 0 Å². The van der Waals surface area contributed by atoms with Crippen LogP contribution in [-0.4, -0.2) is 29.6 Å². The van der Waals surface area contributed by atoms with Crippen LogP contribution in [0.4, 0.5) is 0 Å². The van der Waals surface area contributed by atoms with Gasteiger partial charge in [0.2, 0.25) is 0 Å². The molecule has 16 heavy (non-hydrogen) atoms. The molecule has 1 rings (SSSR count). The van der Waals surface area contributed by atoms with Crippen LogP contribution in [0.1, 0.15) is 59.8 Å². The van der Waals surface area contributed by atoms with Crippen LogP contribution in [-0.2, 0) is 0 Å². The van der Waals surface area contributed by atoms with Crippen LogP contribution in [0, 0.1) is 5.92 Å². The third-order valence-electron chi connectivity index (χ3n) is 4.28. The molecule has 0 amide bonds. The van der Waals surface area contributed by atoms with Crippen molar-refractivity contribution < 1.29 is 0 Å². The molecule has 0 aliphatic carbocycles. The highest BCUT2D eigenvalue weighted by Crippen LogP contribution is 2.24. The summed E-state index contributed by atoms with van der Waals surface area (Å²) in [4.78, 5) is 2.70. The maximum absolute atomic E-state index is 6.03. The van der Waals surface area contributed by atoms with Crippen LogP contribution in [0.25, 0.3) is 0 Å². The summed E-state index contributed by atoms with van der Waals surface area (Å²) >= 11 is 0. The Bertz CT molecular complexity index is 193. The van der Waals surface area contributed by atoms with Crippen LogP contribution in [0.3, 0.4) is 0 Å². The SMILES string of the molecule is CCC(C)CC(CC)N1CCC(N)CC1C. The van der Waals surface area contributed by atoms with Gasteiger partial charge in [-0.3, -0.25) is 4.90 Å². The van der Waals surface area contributed by atoms with E-state index in [1.165, 1.54) is 38.6 Å². The first-order chi connectivity index (χ1) is 7.58. The van der Waals surface area contributed by atoms with Crippen molar-refractivity contribution in [3.63, 3.8) is 0 Å². The third kappa shape index (κ3) is 3.74. The summed E-state index contributed by atoms with van der Waals surface area (Å²) in [6.45, 7) is 10.6. The number of piperidine rings is 1. The van der Waals surface area contributed by atoms with Gasteiger partial charge in [-0.05, 0) is 38.5 Å². The lowest BCUT2D eigenvalue weighted by atomic mass is 9.91. The van der Waals surface area contributed by atoms with E-state index in [1.54, 1.807) is 0 Å². The van der Waals surface area contributed by atoms with Gasteiger partial charge in [0.05, 0.1) is 0 Å². The molecular weight excluding hydrogens is 196 g/mol. The van der Waals surface area contributed by atoms with E-state index in [2.05, 4.69) is 32.6 Å². The second kappa shape index (κ2) is 6.61. The van der Waals surface area contributed by atoms with Gasteiger partial charge in [-0.2, -0.15) is 0 Å². The van der Waals surface area contributed by atoms with Gasteiger partial charge in [-0.25, -0.2) is 0 Å². The predicted octanol–water partition coefficient (Wildman–Crippen LogP) is 3.01. The number of nitrogens with zero attached hydrogens (tertiary/aromatic N) is 1. The molecule has 0 aromatic carbocycles. The van der Waals surface area contributed by atoms with Gasteiger partial charge in [0.1, 0.15) is 0 Å². The average molecular weight is 226 g/mol. The lowest BCUT2D eigenvalue weighted by Crippen LogP contribution is -2.50. The summed E-state index contributed by atoms with van der Waals surface area (Å²) in [6, 6.07) is 1.89. The number of hydrogen-bond acceptors (Lipinski definition) is 2. The first-order valence-corrected chi connectivity index (χ1v) is 7.09. The molecule has 1 saturated heterocycles. The molecule has 2 heteroatoms. The van der Waals surface area contributed by atoms with Crippen molar-refractivity contribution in [3.05, 3.63) is 0 Å². The third-order valence-corrected chi connectivity index (χ3v) is 4.28. The summed E-state index contributed by atoms with van der Waals surface area (Å²) in [7, 11) is 0. The van der Waals surface area contributed by atoms with E-state index in [1.807, 2.05) is 0 Å². The van der Waals surface area contributed by atoms with Crippen molar-refractivity contribution in [2.45, 2.75) is 77.9 Å². The smallest absolute Gasteiger partial charge is 0.00980 e. The number of nitrogens with two attached hydrogens (primary N) is 1. The van der Waals surface area contributed by atoms with Crippen LogP contribution in [0.2, 0.25) is 0 Å². The summed E-state index contributed by atoms with van der Waals surface area (Å²) < 4.78 is 0. The van der Waals surface area contributed by atoms with E-state index in [4.69, 9.17) is 5.73 Å². The topological polar surface area (TPSA) is 29.3 Å². The minimum absolute atomic E-state index is 0.437. The Morgan fingerprint density at radius 1 is 1.31 bits per heavy atom. The van der Waals surface area contributed by atoms with Crippen molar-refractivity contribution in [2.75, 3.05) is 6.54 Å². The molecule has 0 radical (unpaired) electrons. The molecule has 0 spiro atoms. The molecule has 0 aromatic rings. The Hall–Kier alpha value is -0.0800. The quantitative estimate of drug-likeness (QED) is 0.781. The van der Waals surface area contributed by atoms with Crippen molar-refractivity contribution in [2.24, 2.45) is 11.7 Å². The van der Waals surface area contributed by atoms with E-state index in [0.29, 0.717) is 12.1 Å². The number of hydrogen-bond donors (Lipinski definition) is 1. The van der Waals surface area contributed by atoms with Gasteiger partial charge >= 0.3 is 0 Å². The van der Waals surface area contributed by atoms with E-state index in [0.717, 1.165) is 12.0 Å². The van der Waals surface area contributed by atoms with Crippen LogP contribution in [0.5, 0.6) is 0 Å². The summed E-state index contributed by atoms with van der Waals surface area (Å²) in [5, 5.41) is 0. The summed E-state index contributed by atoms with van der Waals surface area (Å²) in [5.74, 6) is 0.854. The lowest BCUT2D eigenvalue weighted by molar-refractivity contribution is 0.0796. The minimum atomic E-state index is 0.437. The Morgan fingerprint density at radius 3 is 2.50 bits per heavy atom. The Balaban J connectivity index is 2.51. The Labute approximate surface area is 102 Å². The molecule has 0 saturated carbocycles. The van der Waals surface area contributed by atoms with Crippen LogP contribution < -0.4 is 5.73 Å². The van der Waals surface area contributed by atoms with Gasteiger partial charge in [-0.15, -0.1) is 0 Å². The number of rotatable bonds is 5. The largest absolute Gasteiger partial charge is 0.328 e. The second-order valence-electron chi connectivity index (χ2n) is 5.68. The fraction of sp³-hybridized carbons (Fsp3) is 1.00. The fourth-order valence-electron chi connectivity index (χ4n) is 2.94. The molecule has 4 atom stereocenters. The predicted molar refractivity (Wildman–Crippen MR) is 71.5 cm³/mol. The first kappa shape index (κ1) is 14.0. The summed E-state index contributed by atoms with van der Waals surface area (Å²) in [5.41, 5.74) is 6.03. The van der Waals surface area contributed by atoms with Gasteiger partial charge < -0.3 is 5.73 Å². The van der Waals surface area contributed by atoms with Crippen LogP contribution in [0.15, 0.2) is 0 Å². The van der Waals surface area contributed by atoms with Gasteiger partial charge in [0.25, 0.3) is 0 Å². The maximum Gasteiger partial charge on any atom is 0.00980 e. The molecule has 1 fully saturated rings. The average Bonchev–Trinajstić information content (AvgIpc) is 2.26.